The van der Waals surface area contributed by atoms with Crippen molar-refractivity contribution in [3.05, 3.63) is 65.0 Å². The molecule has 2 amide bonds. The van der Waals surface area contributed by atoms with Gasteiger partial charge in [-0.25, -0.2) is 4.39 Å². The smallest absolute Gasteiger partial charge is 0.261 e. The highest BCUT2D eigenvalue weighted by Gasteiger charge is 2.38. The molecule has 0 aliphatic carbocycles. The van der Waals surface area contributed by atoms with Crippen molar-refractivity contribution in [3.63, 3.8) is 0 Å². The van der Waals surface area contributed by atoms with E-state index in [1.54, 1.807) is 37.4 Å². The summed E-state index contributed by atoms with van der Waals surface area (Å²) in [6.07, 6.45) is 1.75. The van der Waals surface area contributed by atoms with Crippen LogP contribution in [0, 0.1) is 5.82 Å². The molecule has 2 aliphatic rings. The van der Waals surface area contributed by atoms with Crippen LogP contribution in [0.3, 0.4) is 0 Å². The van der Waals surface area contributed by atoms with Crippen molar-refractivity contribution in [1.29, 1.82) is 0 Å². The van der Waals surface area contributed by atoms with Gasteiger partial charge < -0.3 is 9.47 Å². The molecule has 0 bridgehead atoms. The van der Waals surface area contributed by atoms with E-state index in [0.717, 1.165) is 18.4 Å². The summed E-state index contributed by atoms with van der Waals surface area (Å²) in [6.45, 7) is 0.239. The minimum Gasteiger partial charge on any atom is -0.496 e. The Labute approximate surface area is 156 Å². The average molecular weight is 369 g/mol. The summed E-state index contributed by atoms with van der Waals surface area (Å²) < 4.78 is 24.9. The minimum atomic E-state index is -0.314. The maximum absolute atomic E-state index is 13.5. The summed E-state index contributed by atoms with van der Waals surface area (Å²) in [5.74, 6) is -0.223. The van der Waals surface area contributed by atoms with Gasteiger partial charge in [0.15, 0.2) is 0 Å². The molecular weight excluding hydrogens is 349 g/mol. The SMILES string of the molecule is COc1ccc(F)cc1C[C@@H]1CC[C@@H](CN2C(=O)c3ccccc3C2=O)O1. The maximum atomic E-state index is 13.5. The molecule has 1 fully saturated rings. The van der Waals surface area contributed by atoms with Crippen molar-refractivity contribution in [3.8, 4) is 5.75 Å². The van der Waals surface area contributed by atoms with Gasteiger partial charge in [0.05, 0.1) is 37.0 Å². The first kappa shape index (κ1) is 17.7. The standard InChI is InChI=1S/C21H20FNO4/c1-26-19-9-6-14(22)10-13(19)11-15-7-8-16(27-15)12-23-20(24)17-4-2-3-5-18(17)21(23)25/h2-6,9-10,15-16H,7-8,11-12H2,1H3/t15-,16-/m0/s1. The number of imide groups is 1. The van der Waals surface area contributed by atoms with Crippen molar-refractivity contribution in [2.24, 2.45) is 0 Å². The molecule has 0 unspecified atom stereocenters. The zero-order valence-corrected chi connectivity index (χ0v) is 15.0. The number of ether oxygens (including phenoxy) is 2. The van der Waals surface area contributed by atoms with Crippen molar-refractivity contribution in [1.82, 2.24) is 4.90 Å². The van der Waals surface area contributed by atoms with Crippen molar-refractivity contribution >= 4 is 11.8 Å². The summed E-state index contributed by atoms with van der Waals surface area (Å²) in [5.41, 5.74) is 1.65. The molecule has 2 aromatic rings. The molecule has 27 heavy (non-hydrogen) atoms. The molecule has 5 nitrogen and oxygen atoms in total. The van der Waals surface area contributed by atoms with E-state index in [0.29, 0.717) is 23.3 Å². The number of amides is 2. The molecule has 2 heterocycles. The van der Waals surface area contributed by atoms with Gasteiger partial charge in [-0.15, -0.1) is 0 Å². The normalized spacial score (nSPS) is 21.6. The average Bonchev–Trinajstić information content (AvgIpc) is 3.21. The molecule has 4 rings (SSSR count). The van der Waals surface area contributed by atoms with Crippen molar-refractivity contribution in [2.75, 3.05) is 13.7 Å². The number of benzene rings is 2. The van der Waals surface area contributed by atoms with E-state index in [4.69, 9.17) is 9.47 Å². The van der Waals surface area contributed by atoms with Gasteiger partial charge >= 0.3 is 0 Å². The van der Waals surface area contributed by atoms with Crippen LogP contribution in [0.25, 0.3) is 0 Å². The van der Waals surface area contributed by atoms with Crippen molar-refractivity contribution in [2.45, 2.75) is 31.5 Å². The van der Waals surface area contributed by atoms with Crippen LogP contribution < -0.4 is 4.74 Å². The number of hydrogen-bond acceptors (Lipinski definition) is 4. The van der Waals surface area contributed by atoms with Crippen LogP contribution in [-0.2, 0) is 11.2 Å². The Bertz CT molecular complexity index is 863. The highest BCUT2D eigenvalue weighted by Crippen LogP contribution is 2.30. The number of fused-ring (bicyclic) bond motifs is 1. The van der Waals surface area contributed by atoms with Crippen LogP contribution in [0.2, 0.25) is 0 Å². The summed E-state index contributed by atoms with van der Waals surface area (Å²) >= 11 is 0. The van der Waals surface area contributed by atoms with E-state index in [1.165, 1.54) is 17.0 Å². The van der Waals surface area contributed by atoms with E-state index in [9.17, 15) is 14.0 Å². The van der Waals surface area contributed by atoms with Crippen LogP contribution in [0.15, 0.2) is 42.5 Å². The van der Waals surface area contributed by atoms with Gasteiger partial charge in [-0.3, -0.25) is 14.5 Å². The summed E-state index contributed by atoms with van der Waals surface area (Å²) in [7, 11) is 1.55. The molecule has 0 aromatic heterocycles. The summed E-state index contributed by atoms with van der Waals surface area (Å²) in [4.78, 5) is 26.2. The zero-order chi connectivity index (χ0) is 19.0. The molecule has 2 aliphatic heterocycles. The summed E-state index contributed by atoms with van der Waals surface area (Å²) in [5, 5.41) is 0. The third-order valence-electron chi connectivity index (χ3n) is 5.15. The molecule has 2 aromatic carbocycles. The van der Waals surface area contributed by atoms with E-state index in [2.05, 4.69) is 0 Å². The van der Waals surface area contributed by atoms with E-state index >= 15 is 0 Å². The Morgan fingerprint density at radius 3 is 2.41 bits per heavy atom. The Morgan fingerprint density at radius 1 is 1.07 bits per heavy atom. The van der Waals surface area contributed by atoms with E-state index in [1.807, 2.05) is 0 Å². The molecule has 0 radical (unpaired) electrons. The molecule has 2 atom stereocenters. The second-order valence-electron chi connectivity index (χ2n) is 6.88. The highest BCUT2D eigenvalue weighted by atomic mass is 19.1. The lowest BCUT2D eigenvalue weighted by Crippen LogP contribution is -2.37. The zero-order valence-electron chi connectivity index (χ0n) is 15.0. The number of hydrogen-bond donors (Lipinski definition) is 0. The first-order valence-corrected chi connectivity index (χ1v) is 9.00. The number of halogens is 1. The lowest BCUT2D eigenvalue weighted by atomic mass is 10.0. The molecule has 0 N–H and O–H groups in total. The fourth-order valence-corrected chi connectivity index (χ4v) is 3.83. The molecular formula is C21H20FNO4. The van der Waals surface area contributed by atoms with Gasteiger partial charge in [0.25, 0.3) is 11.8 Å². The number of carbonyl (C=O) groups excluding carboxylic acids is 2. The minimum absolute atomic E-state index is 0.0964. The number of methoxy groups -OCH3 is 1. The number of nitrogens with zero attached hydrogens (tertiary/aromatic N) is 1. The first-order valence-electron chi connectivity index (χ1n) is 9.00. The van der Waals surface area contributed by atoms with Crippen molar-refractivity contribution < 1.29 is 23.5 Å². The topological polar surface area (TPSA) is 55.8 Å². The first-order chi connectivity index (χ1) is 13.1. The monoisotopic (exact) mass is 369 g/mol. The Morgan fingerprint density at radius 2 is 1.74 bits per heavy atom. The van der Waals surface area contributed by atoms with Crippen LogP contribution in [0.4, 0.5) is 4.39 Å². The van der Waals surface area contributed by atoms with Gasteiger partial charge in [0, 0.05) is 6.42 Å². The number of rotatable bonds is 5. The Hall–Kier alpha value is -2.73. The number of carbonyl (C=O) groups is 2. The molecule has 1 saturated heterocycles. The lowest BCUT2D eigenvalue weighted by Gasteiger charge is -2.20. The maximum Gasteiger partial charge on any atom is 0.261 e. The van der Waals surface area contributed by atoms with Crippen LogP contribution >= 0.6 is 0 Å². The molecule has 0 saturated carbocycles. The largest absolute Gasteiger partial charge is 0.496 e. The van der Waals surface area contributed by atoms with Crippen LogP contribution in [-0.4, -0.2) is 42.6 Å². The third kappa shape index (κ3) is 3.32. The fraction of sp³-hybridized carbons (Fsp3) is 0.333. The van der Waals surface area contributed by atoms with Gasteiger partial charge in [0.2, 0.25) is 0 Å². The highest BCUT2D eigenvalue weighted by molar-refractivity contribution is 6.21. The summed E-state index contributed by atoms with van der Waals surface area (Å²) in [6, 6.07) is 11.3. The molecule has 140 valence electrons. The molecule has 0 spiro atoms. The van der Waals surface area contributed by atoms with Crippen LogP contribution in [0.5, 0.6) is 5.75 Å². The van der Waals surface area contributed by atoms with E-state index in [-0.39, 0.29) is 36.4 Å². The van der Waals surface area contributed by atoms with Gasteiger partial charge in [0.1, 0.15) is 11.6 Å². The van der Waals surface area contributed by atoms with Gasteiger partial charge in [-0.1, -0.05) is 12.1 Å². The van der Waals surface area contributed by atoms with Crippen LogP contribution in [0.1, 0.15) is 39.1 Å². The predicted octanol–water partition coefficient (Wildman–Crippen LogP) is 3.22. The Balaban J connectivity index is 1.41. The fourth-order valence-electron chi connectivity index (χ4n) is 3.83. The third-order valence-corrected chi connectivity index (χ3v) is 5.15. The predicted molar refractivity (Wildman–Crippen MR) is 96.4 cm³/mol. The second kappa shape index (κ2) is 7.12. The Kier molecular flexibility index (Phi) is 4.66. The molecule has 6 heteroatoms. The quantitative estimate of drug-likeness (QED) is 0.760. The van der Waals surface area contributed by atoms with E-state index < -0.39 is 0 Å². The lowest BCUT2D eigenvalue weighted by molar-refractivity contribution is 0.0223. The second-order valence-corrected chi connectivity index (χ2v) is 6.88. The van der Waals surface area contributed by atoms with Gasteiger partial charge in [-0.05, 0) is 48.7 Å². The van der Waals surface area contributed by atoms with Gasteiger partial charge in [-0.2, -0.15) is 0 Å².